The third kappa shape index (κ3) is 3.94. The molecule has 0 aliphatic carbocycles. The Morgan fingerprint density at radius 2 is 1.76 bits per heavy atom. The highest BCUT2D eigenvalue weighted by Crippen LogP contribution is 2.45. The lowest BCUT2D eigenvalue weighted by Gasteiger charge is -2.47. The third-order valence-electron chi connectivity index (χ3n) is 8.93. The largest absolute Gasteiger partial charge is 0.336 e. The van der Waals surface area contributed by atoms with E-state index in [1.165, 1.54) is 29.4 Å². The second-order valence-corrected chi connectivity index (χ2v) is 11.1. The van der Waals surface area contributed by atoms with Crippen molar-refractivity contribution in [2.45, 2.75) is 63.5 Å². The van der Waals surface area contributed by atoms with Crippen LogP contribution in [0, 0.1) is 11.3 Å². The van der Waals surface area contributed by atoms with E-state index in [4.69, 9.17) is 0 Å². The number of aromatic amines is 1. The SMILES string of the molecule is CN1CCC(Cc2ccccc2)(C(=O)N2C3CCC2CC(Cc2cccc4[nH]ncc24)C3)CC1. The molecule has 4 heterocycles. The summed E-state index contributed by atoms with van der Waals surface area (Å²) in [5.41, 5.74) is 3.57. The summed E-state index contributed by atoms with van der Waals surface area (Å²) in [6.45, 7) is 2.03. The second-order valence-electron chi connectivity index (χ2n) is 11.1. The number of H-pyrrole nitrogens is 1. The molecule has 2 unspecified atom stereocenters. The van der Waals surface area contributed by atoms with Crippen molar-refractivity contribution in [3.63, 3.8) is 0 Å². The van der Waals surface area contributed by atoms with Crippen molar-refractivity contribution in [3.8, 4) is 0 Å². The lowest BCUT2D eigenvalue weighted by Crippen LogP contribution is -2.56. The van der Waals surface area contributed by atoms with E-state index in [-0.39, 0.29) is 5.41 Å². The molecule has 2 bridgehead atoms. The smallest absolute Gasteiger partial charge is 0.229 e. The van der Waals surface area contributed by atoms with Crippen LogP contribution in [0.5, 0.6) is 0 Å². The van der Waals surface area contributed by atoms with Gasteiger partial charge in [0, 0.05) is 17.5 Å². The van der Waals surface area contributed by atoms with Gasteiger partial charge in [0.05, 0.1) is 17.1 Å². The van der Waals surface area contributed by atoms with Crippen molar-refractivity contribution in [1.29, 1.82) is 0 Å². The fourth-order valence-electron chi connectivity index (χ4n) is 7.08. The summed E-state index contributed by atoms with van der Waals surface area (Å²) >= 11 is 0. The van der Waals surface area contributed by atoms with Gasteiger partial charge in [-0.3, -0.25) is 9.89 Å². The molecule has 3 fully saturated rings. The highest BCUT2D eigenvalue weighted by Gasteiger charge is 2.50. The van der Waals surface area contributed by atoms with Gasteiger partial charge in [0.1, 0.15) is 0 Å². The van der Waals surface area contributed by atoms with Gasteiger partial charge in [0.2, 0.25) is 5.91 Å². The minimum Gasteiger partial charge on any atom is -0.336 e. The van der Waals surface area contributed by atoms with Gasteiger partial charge >= 0.3 is 0 Å². The number of aromatic nitrogens is 2. The number of carbonyl (C=O) groups is 1. The maximum Gasteiger partial charge on any atom is 0.229 e. The zero-order chi connectivity index (χ0) is 23.1. The van der Waals surface area contributed by atoms with Crippen LogP contribution in [0.25, 0.3) is 10.9 Å². The van der Waals surface area contributed by atoms with Gasteiger partial charge < -0.3 is 9.80 Å². The van der Waals surface area contributed by atoms with E-state index < -0.39 is 0 Å². The Labute approximate surface area is 202 Å². The number of nitrogens with one attached hydrogen (secondary N) is 1. The number of piperidine rings is 2. The van der Waals surface area contributed by atoms with Crippen LogP contribution < -0.4 is 0 Å². The predicted octanol–water partition coefficient (Wildman–Crippen LogP) is 4.83. The maximum absolute atomic E-state index is 14.3. The van der Waals surface area contributed by atoms with Crippen LogP contribution in [-0.4, -0.2) is 58.1 Å². The molecule has 6 rings (SSSR count). The number of nitrogens with zero attached hydrogens (tertiary/aromatic N) is 3. The molecule has 34 heavy (non-hydrogen) atoms. The summed E-state index contributed by atoms with van der Waals surface area (Å²) in [6.07, 6.45) is 10.5. The molecule has 1 N–H and O–H groups in total. The minimum absolute atomic E-state index is 0.246. The zero-order valence-electron chi connectivity index (χ0n) is 20.2. The van der Waals surface area contributed by atoms with Crippen LogP contribution in [0.2, 0.25) is 0 Å². The predicted molar refractivity (Wildman–Crippen MR) is 135 cm³/mol. The Bertz CT molecular complexity index is 1130. The van der Waals surface area contributed by atoms with Gasteiger partial charge in [-0.2, -0.15) is 5.10 Å². The average molecular weight is 457 g/mol. The molecule has 3 aliphatic rings. The molecule has 0 saturated carbocycles. The second kappa shape index (κ2) is 8.84. The Balaban J connectivity index is 1.21. The van der Waals surface area contributed by atoms with E-state index in [2.05, 4.69) is 75.6 Å². The number of hydrogen-bond acceptors (Lipinski definition) is 3. The topological polar surface area (TPSA) is 52.2 Å². The van der Waals surface area contributed by atoms with Crippen LogP contribution >= 0.6 is 0 Å². The molecule has 1 aromatic heterocycles. The summed E-state index contributed by atoms with van der Waals surface area (Å²) in [6, 6.07) is 18.0. The first kappa shape index (κ1) is 21.8. The van der Waals surface area contributed by atoms with Gasteiger partial charge in [0.25, 0.3) is 0 Å². The molecule has 2 atom stereocenters. The Morgan fingerprint density at radius 1 is 1.03 bits per heavy atom. The van der Waals surface area contributed by atoms with E-state index in [0.29, 0.717) is 23.9 Å². The van der Waals surface area contributed by atoms with Crippen LogP contribution in [0.3, 0.4) is 0 Å². The summed E-state index contributed by atoms with van der Waals surface area (Å²) < 4.78 is 0. The number of fused-ring (bicyclic) bond motifs is 3. The van der Waals surface area contributed by atoms with Gasteiger partial charge in [-0.25, -0.2) is 0 Å². The van der Waals surface area contributed by atoms with E-state index in [0.717, 1.165) is 57.1 Å². The van der Waals surface area contributed by atoms with Gasteiger partial charge in [-0.15, -0.1) is 0 Å². The highest BCUT2D eigenvalue weighted by atomic mass is 16.2. The molecule has 178 valence electrons. The van der Waals surface area contributed by atoms with Crippen molar-refractivity contribution in [1.82, 2.24) is 20.0 Å². The lowest BCUT2D eigenvalue weighted by molar-refractivity contribution is -0.150. The van der Waals surface area contributed by atoms with Crippen LogP contribution in [0.1, 0.15) is 49.7 Å². The molecular formula is C29H36N4O. The average Bonchev–Trinajstić information content (AvgIpc) is 3.44. The van der Waals surface area contributed by atoms with E-state index in [1.54, 1.807) is 0 Å². The van der Waals surface area contributed by atoms with E-state index >= 15 is 0 Å². The fraction of sp³-hybridized carbons (Fsp3) is 0.517. The van der Waals surface area contributed by atoms with Crippen molar-refractivity contribution in [2.75, 3.05) is 20.1 Å². The molecule has 3 saturated heterocycles. The van der Waals surface area contributed by atoms with Crippen molar-refractivity contribution >= 4 is 16.8 Å². The normalized spacial score (nSPS) is 26.7. The highest BCUT2D eigenvalue weighted by molar-refractivity contribution is 5.84. The zero-order valence-corrected chi connectivity index (χ0v) is 20.2. The van der Waals surface area contributed by atoms with Crippen molar-refractivity contribution in [2.24, 2.45) is 11.3 Å². The fourth-order valence-corrected chi connectivity index (χ4v) is 7.08. The quantitative estimate of drug-likeness (QED) is 0.598. The number of amides is 1. The molecule has 0 radical (unpaired) electrons. The summed E-state index contributed by atoms with van der Waals surface area (Å²) in [5.74, 6) is 1.09. The van der Waals surface area contributed by atoms with E-state index in [1.807, 2.05) is 6.20 Å². The van der Waals surface area contributed by atoms with Crippen molar-refractivity contribution < 1.29 is 4.79 Å². The van der Waals surface area contributed by atoms with Gasteiger partial charge in [0.15, 0.2) is 0 Å². The first-order valence-corrected chi connectivity index (χ1v) is 13.1. The summed E-state index contributed by atoms with van der Waals surface area (Å²) in [4.78, 5) is 19.1. The Kier molecular flexibility index (Phi) is 5.68. The standard InChI is InChI=1S/C29H36N4O/c1-32-14-12-29(13-15-32,19-21-6-3-2-4-7-21)28(34)33-24-10-11-25(33)18-22(17-24)16-23-8-5-9-27-26(23)20-30-31-27/h2-9,20,22,24-25H,10-19H2,1H3,(H,30,31). The van der Waals surface area contributed by atoms with Gasteiger partial charge in [-0.1, -0.05) is 42.5 Å². The molecule has 5 heteroatoms. The van der Waals surface area contributed by atoms with Crippen LogP contribution in [0.4, 0.5) is 0 Å². The number of likely N-dealkylation sites (tertiary alicyclic amines) is 1. The number of hydrogen-bond donors (Lipinski definition) is 1. The molecule has 5 nitrogen and oxygen atoms in total. The molecular weight excluding hydrogens is 420 g/mol. The van der Waals surface area contributed by atoms with Crippen molar-refractivity contribution in [3.05, 3.63) is 65.9 Å². The lowest BCUT2D eigenvalue weighted by atomic mass is 9.71. The van der Waals surface area contributed by atoms with Crippen LogP contribution in [0.15, 0.2) is 54.7 Å². The molecule has 3 aromatic rings. The van der Waals surface area contributed by atoms with E-state index in [9.17, 15) is 4.79 Å². The number of benzene rings is 2. The summed E-state index contributed by atoms with van der Waals surface area (Å²) in [7, 11) is 2.19. The molecule has 0 spiro atoms. The molecule has 1 amide bonds. The number of carbonyl (C=O) groups excluding carboxylic acids is 1. The van der Waals surface area contributed by atoms with Gasteiger partial charge in [-0.05, 0) is 94.6 Å². The first-order chi connectivity index (χ1) is 16.6. The Morgan fingerprint density at radius 3 is 2.50 bits per heavy atom. The monoisotopic (exact) mass is 456 g/mol. The summed E-state index contributed by atoms with van der Waals surface area (Å²) in [5, 5.41) is 8.61. The van der Waals surface area contributed by atoms with Crippen LogP contribution in [-0.2, 0) is 17.6 Å². The molecule has 3 aliphatic heterocycles. The third-order valence-corrected chi connectivity index (χ3v) is 8.93. The molecule has 2 aromatic carbocycles. The number of rotatable bonds is 5. The minimum atomic E-state index is -0.246. The maximum atomic E-state index is 14.3. The first-order valence-electron chi connectivity index (χ1n) is 13.1. The Hall–Kier alpha value is -2.66.